The number of nitrogens with zero attached hydrogens (tertiary/aromatic N) is 3. The van der Waals surface area contributed by atoms with Crippen molar-refractivity contribution < 1.29 is 4.42 Å². The Bertz CT molecular complexity index is 2680. The lowest BCUT2D eigenvalue weighted by Crippen LogP contribution is -2.42. The van der Waals surface area contributed by atoms with Crippen molar-refractivity contribution in [2.24, 2.45) is 0 Å². The molecule has 10 rings (SSSR count). The number of allylic oxidation sites excluding steroid dienone is 2. The van der Waals surface area contributed by atoms with Crippen LogP contribution in [0.2, 0.25) is 0 Å². The summed E-state index contributed by atoms with van der Waals surface area (Å²) < 4.78 is 8.95. The number of aromatic nitrogens is 1. The molecule has 4 nitrogen and oxygen atoms in total. The zero-order valence-electron chi connectivity index (χ0n) is 26.3. The minimum Gasteiger partial charge on any atom is -0.456 e. The Morgan fingerprint density at radius 2 is 1.40 bits per heavy atom. The van der Waals surface area contributed by atoms with Crippen LogP contribution in [0.25, 0.3) is 60.6 Å². The van der Waals surface area contributed by atoms with E-state index in [1.54, 1.807) is 0 Å². The van der Waals surface area contributed by atoms with Crippen molar-refractivity contribution >= 4 is 55.1 Å². The van der Waals surface area contributed by atoms with Crippen LogP contribution in [-0.4, -0.2) is 10.1 Å². The molecule has 8 aromatic rings. The molecule has 1 aliphatic carbocycles. The number of furan rings is 1. The highest BCUT2D eigenvalue weighted by molar-refractivity contribution is 6.10. The van der Waals surface area contributed by atoms with Crippen LogP contribution in [0.1, 0.15) is 24.0 Å². The van der Waals surface area contributed by atoms with Crippen LogP contribution in [0.15, 0.2) is 156 Å². The molecular weight excluding hydrogens is 587 g/mol. The molecule has 2 aromatic heterocycles. The molecule has 0 bridgehead atoms. The first-order chi connectivity index (χ1) is 23.6. The first-order valence-electron chi connectivity index (χ1n) is 16.4. The Kier molecular flexibility index (Phi) is 5.51. The predicted octanol–water partition coefficient (Wildman–Crippen LogP) is 11.3. The molecule has 0 radical (unpaired) electrons. The molecule has 0 amide bonds. The summed E-state index contributed by atoms with van der Waals surface area (Å²) in [4.78, 5) is 2.41. The molecule has 0 saturated heterocycles. The number of nitriles is 1. The van der Waals surface area contributed by atoms with Gasteiger partial charge in [-0.05, 0) is 67.1 Å². The van der Waals surface area contributed by atoms with E-state index in [9.17, 15) is 5.26 Å². The van der Waals surface area contributed by atoms with Gasteiger partial charge in [0.1, 0.15) is 11.2 Å². The van der Waals surface area contributed by atoms with Gasteiger partial charge in [0.05, 0.1) is 33.9 Å². The van der Waals surface area contributed by atoms with Crippen LogP contribution in [0.3, 0.4) is 0 Å². The zero-order chi connectivity index (χ0) is 32.0. The standard InChI is InChI=1S/C44H29N3O/c1-44-23-11-10-16-36(44)42-40(22-21-35-34-15-5-9-20-41(34)48-43(35)42)47(44)30-25-28(27-45)24-29(26-30)31-12-2-6-17-37(31)46-38-18-7-3-13-32(38)33-14-4-8-19-39(33)46/h2-26,36H,1H3. The second-order valence-electron chi connectivity index (χ2n) is 13.0. The third-order valence-electron chi connectivity index (χ3n) is 10.4. The highest BCUT2D eigenvalue weighted by Gasteiger charge is 2.48. The van der Waals surface area contributed by atoms with Crippen molar-refractivity contribution in [1.29, 1.82) is 5.26 Å². The largest absolute Gasteiger partial charge is 0.456 e. The molecule has 2 unspecified atom stereocenters. The molecule has 0 spiro atoms. The van der Waals surface area contributed by atoms with E-state index in [1.165, 1.54) is 16.3 Å². The molecule has 226 valence electrons. The van der Waals surface area contributed by atoms with Gasteiger partial charge in [-0.25, -0.2) is 0 Å². The summed E-state index contributed by atoms with van der Waals surface area (Å²) in [5.74, 6) is 0.0702. The lowest BCUT2D eigenvalue weighted by atomic mass is 9.80. The Hall–Kier alpha value is -6.31. The Labute approximate surface area is 277 Å². The smallest absolute Gasteiger partial charge is 0.141 e. The van der Waals surface area contributed by atoms with Crippen molar-refractivity contribution in [2.75, 3.05) is 4.90 Å². The van der Waals surface area contributed by atoms with E-state index in [2.05, 4.69) is 150 Å². The van der Waals surface area contributed by atoms with Crippen molar-refractivity contribution in [1.82, 2.24) is 4.57 Å². The Balaban J connectivity index is 1.22. The predicted molar refractivity (Wildman–Crippen MR) is 196 cm³/mol. The van der Waals surface area contributed by atoms with Crippen molar-refractivity contribution in [3.05, 3.63) is 163 Å². The quantitative estimate of drug-likeness (QED) is 0.199. The summed E-state index contributed by atoms with van der Waals surface area (Å²) in [6, 6.07) is 47.2. The van der Waals surface area contributed by atoms with Crippen molar-refractivity contribution in [3.63, 3.8) is 0 Å². The monoisotopic (exact) mass is 615 g/mol. The molecule has 1 aliphatic heterocycles. The van der Waals surface area contributed by atoms with Gasteiger partial charge in [-0.3, -0.25) is 0 Å². The Morgan fingerprint density at radius 1 is 0.688 bits per heavy atom. The third-order valence-corrected chi connectivity index (χ3v) is 10.4. The van der Waals surface area contributed by atoms with Crippen LogP contribution in [0, 0.1) is 11.3 Å². The molecule has 6 aromatic carbocycles. The minimum atomic E-state index is -0.401. The van der Waals surface area contributed by atoms with E-state index in [1.807, 2.05) is 24.3 Å². The fourth-order valence-corrected chi connectivity index (χ4v) is 8.35. The third kappa shape index (κ3) is 3.59. The number of hydrogen-bond donors (Lipinski definition) is 0. The summed E-state index contributed by atoms with van der Waals surface area (Å²) in [5, 5.41) is 15.1. The molecule has 0 fully saturated rings. The topological polar surface area (TPSA) is 45.1 Å². The summed E-state index contributed by atoms with van der Waals surface area (Å²) in [7, 11) is 0. The number of para-hydroxylation sites is 4. The molecule has 2 atom stereocenters. The van der Waals surface area contributed by atoms with Gasteiger partial charge in [0.15, 0.2) is 0 Å². The van der Waals surface area contributed by atoms with Gasteiger partial charge in [0, 0.05) is 50.0 Å². The van der Waals surface area contributed by atoms with Crippen LogP contribution in [-0.2, 0) is 0 Å². The first-order valence-corrected chi connectivity index (χ1v) is 16.4. The van der Waals surface area contributed by atoms with Gasteiger partial charge in [0.2, 0.25) is 0 Å². The fourth-order valence-electron chi connectivity index (χ4n) is 8.35. The lowest BCUT2D eigenvalue weighted by Gasteiger charge is -2.39. The average molecular weight is 616 g/mol. The number of benzene rings is 6. The first kappa shape index (κ1) is 26.9. The highest BCUT2D eigenvalue weighted by atomic mass is 16.3. The van der Waals surface area contributed by atoms with Gasteiger partial charge in [-0.1, -0.05) is 97.1 Å². The normalized spacial score (nSPS) is 18.2. The summed E-state index contributed by atoms with van der Waals surface area (Å²) in [6.45, 7) is 2.29. The van der Waals surface area contributed by atoms with Crippen LogP contribution in [0.5, 0.6) is 0 Å². The number of hydrogen-bond acceptors (Lipinski definition) is 3. The van der Waals surface area contributed by atoms with E-state index in [0.29, 0.717) is 5.56 Å². The maximum Gasteiger partial charge on any atom is 0.141 e. The second kappa shape index (κ2) is 9.84. The molecule has 48 heavy (non-hydrogen) atoms. The van der Waals surface area contributed by atoms with E-state index in [-0.39, 0.29) is 5.92 Å². The van der Waals surface area contributed by atoms with Crippen LogP contribution in [0.4, 0.5) is 11.4 Å². The van der Waals surface area contributed by atoms with E-state index in [0.717, 1.165) is 61.2 Å². The lowest BCUT2D eigenvalue weighted by molar-refractivity contribution is 0.539. The minimum absolute atomic E-state index is 0.0702. The molecule has 3 heterocycles. The zero-order valence-corrected chi connectivity index (χ0v) is 26.3. The SMILES string of the molecule is CC12C=CC=CC1c1c(ccc3c1oc1ccccc13)N2c1cc(C#N)cc(-c2ccccc2-n2c3ccccc3c3ccccc32)c1. The van der Waals surface area contributed by atoms with Crippen LogP contribution >= 0.6 is 0 Å². The van der Waals surface area contributed by atoms with Gasteiger partial charge in [-0.2, -0.15) is 5.26 Å². The molecule has 4 heteroatoms. The number of rotatable bonds is 3. The van der Waals surface area contributed by atoms with E-state index >= 15 is 0 Å². The van der Waals surface area contributed by atoms with Gasteiger partial charge < -0.3 is 13.9 Å². The highest BCUT2D eigenvalue weighted by Crippen LogP contribution is 2.57. The second-order valence-corrected chi connectivity index (χ2v) is 13.0. The summed E-state index contributed by atoms with van der Waals surface area (Å²) in [5.41, 5.74) is 10.7. The Morgan fingerprint density at radius 3 is 2.19 bits per heavy atom. The molecule has 0 saturated carbocycles. The van der Waals surface area contributed by atoms with E-state index in [4.69, 9.17) is 4.42 Å². The van der Waals surface area contributed by atoms with Gasteiger partial charge in [0.25, 0.3) is 0 Å². The fraction of sp³-hybridized carbons (Fsp3) is 0.0682. The maximum absolute atomic E-state index is 10.4. The molecular formula is C44H29N3O. The summed E-state index contributed by atoms with van der Waals surface area (Å²) in [6.07, 6.45) is 8.85. The van der Waals surface area contributed by atoms with E-state index < -0.39 is 5.54 Å². The average Bonchev–Trinajstić information content (AvgIpc) is 3.76. The number of anilines is 2. The van der Waals surface area contributed by atoms with Gasteiger partial charge in [-0.15, -0.1) is 0 Å². The maximum atomic E-state index is 10.4. The number of fused-ring (bicyclic) bond motifs is 10. The van der Waals surface area contributed by atoms with Crippen LogP contribution < -0.4 is 4.90 Å². The molecule has 0 N–H and O–H groups in total. The van der Waals surface area contributed by atoms with Crippen molar-refractivity contribution in [3.8, 4) is 22.9 Å². The van der Waals surface area contributed by atoms with Crippen molar-refractivity contribution in [2.45, 2.75) is 18.4 Å². The molecule has 2 aliphatic rings. The van der Waals surface area contributed by atoms with Gasteiger partial charge >= 0.3 is 0 Å². The summed E-state index contributed by atoms with van der Waals surface area (Å²) >= 11 is 0.